The van der Waals surface area contributed by atoms with Crippen molar-refractivity contribution in [3.63, 3.8) is 0 Å². The molecule has 0 aliphatic carbocycles. The molecule has 0 unspecified atom stereocenters. The number of halogens is 1. The highest BCUT2D eigenvalue weighted by Gasteiger charge is 2.15. The first-order valence-corrected chi connectivity index (χ1v) is 6.30. The lowest BCUT2D eigenvalue weighted by atomic mass is 10.0. The highest BCUT2D eigenvalue weighted by molar-refractivity contribution is 6.12. The van der Waals surface area contributed by atoms with Crippen LogP contribution in [0.1, 0.15) is 29.3 Å². The van der Waals surface area contributed by atoms with Crippen molar-refractivity contribution in [2.75, 3.05) is 12.3 Å². The minimum absolute atomic E-state index is 0.124. The quantitative estimate of drug-likeness (QED) is 0.672. The molecule has 0 fully saturated rings. The van der Waals surface area contributed by atoms with Crippen LogP contribution in [0.25, 0.3) is 0 Å². The van der Waals surface area contributed by atoms with Gasteiger partial charge in [0.2, 0.25) is 0 Å². The van der Waals surface area contributed by atoms with E-state index in [2.05, 4.69) is 4.98 Å². The average Bonchev–Trinajstić information content (AvgIpc) is 2.47. The molecule has 0 saturated carbocycles. The molecule has 4 nitrogen and oxygen atoms in total. The van der Waals surface area contributed by atoms with E-state index in [-0.39, 0.29) is 17.0 Å². The van der Waals surface area contributed by atoms with Gasteiger partial charge in [-0.3, -0.25) is 9.78 Å². The lowest BCUT2D eigenvalue weighted by molar-refractivity contribution is 0.103. The number of carbonyl (C=O) groups excluding carboxylic acids is 1. The van der Waals surface area contributed by atoms with E-state index in [4.69, 9.17) is 10.5 Å². The van der Waals surface area contributed by atoms with Crippen molar-refractivity contribution in [2.24, 2.45) is 0 Å². The number of nitrogens with zero attached hydrogens (tertiary/aromatic N) is 1. The number of aromatic nitrogens is 1. The maximum atomic E-state index is 13.4. The van der Waals surface area contributed by atoms with E-state index in [1.165, 1.54) is 30.6 Å². The summed E-state index contributed by atoms with van der Waals surface area (Å²) in [6.07, 6.45) is 3.79. The Labute approximate surface area is 116 Å². The van der Waals surface area contributed by atoms with Gasteiger partial charge in [-0.2, -0.15) is 0 Å². The highest BCUT2D eigenvalue weighted by atomic mass is 19.1. The first-order valence-electron chi connectivity index (χ1n) is 6.30. The molecule has 1 heterocycles. The number of anilines is 1. The summed E-state index contributed by atoms with van der Waals surface area (Å²) < 4.78 is 18.8. The van der Waals surface area contributed by atoms with Crippen LogP contribution < -0.4 is 10.5 Å². The molecule has 104 valence electrons. The van der Waals surface area contributed by atoms with Crippen LogP contribution in [-0.2, 0) is 0 Å². The average molecular weight is 274 g/mol. The standard InChI is InChI=1S/C15H15FN2O2/c1-2-6-20-11-7-10(8-18-9-11)15(19)12-4-3-5-13(16)14(12)17/h3-5,7-9H,2,6,17H2,1H3. The van der Waals surface area contributed by atoms with Gasteiger partial charge in [0.05, 0.1) is 18.5 Å². The zero-order valence-corrected chi connectivity index (χ0v) is 11.1. The van der Waals surface area contributed by atoms with Gasteiger partial charge in [-0.1, -0.05) is 13.0 Å². The van der Waals surface area contributed by atoms with E-state index in [0.717, 1.165) is 6.42 Å². The van der Waals surface area contributed by atoms with Crippen molar-refractivity contribution < 1.29 is 13.9 Å². The Hall–Kier alpha value is -2.43. The van der Waals surface area contributed by atoms with Crippen molar-refractivity contribution >= 4 is 11.5 Å². The van der Waals surface area contributed by atoms with E-state index in [1.54, 1.807) is 6.07 Å². The normalized spacial score (nSPS) is 10.3. The molecule has 0 saturated heterocycles. The van der Waals surface area contributed by atoms with Crippen LogP contribution in [0, 0.1) is 5.82 Å². The molecular weight excluding hydrogens is 259 g/mol. The molecule has 0 bridgehead atoms. The molecule has 0 spiro atoms. The van der Waals surface area contributed by atoms with Gasteiger partial charge in [-0.15, -0.1) is 0 Å². The summed E-state index contributed by atoms with van der Waals surface area (Å²) in [5, 5.41) is 0. The second kappa shape index (κ2) is 6.14. The van der Waals surface area contributed by atoms with Crippen LogP contribution in [-0.4, -0.2) is 17.4 Å². The van der Waals surface area contributed by atoms with Crippen molar-refractivity contribution in [3.8, 4) is 5.75 Å². The van der Waals surface area contributed by atoms with E-state index in [0.29, 0.717) is 17.9 Å². The second-order valence-electron chi connectivity index (χ2n) is 4.29. The molecule has 1 aromatic carbocycles. The second-order valence-corrected chi connectivity index (χ2v) is 4.29. The third-order valence-corrected chi connectivity index (χ3v) is 2.75. The van der Waals surface area contributed by atoms with Crippen LogP contribution in [0.3, 0.4) is 0 Å². The predicted molar refractivity (Wildman–Crippen MR) is 74.3 cm³/mol. The van der Waals surface area contributed by atoms with Gasteiger partial charge in [0.25, 0.3) is 0 Å². The Kier molecular flexibility index (Phi) is 4.30. The summed E-state index contributed by atoms with van der Waals surface area (Å²) in [5.41, 5.74) is 5.88. The molecule has 0 aliphatic heterocycles. The van der Waals surface area contributed by atoms with Gasteiger partial charge >= 0.3 is 0 Å². The maximum Gasteiger partial charge on any atom is 0.196 e. The first-order chi connectivity index (χ1) is 9.63. The Morgan fingerprint density at radius 3 is 2.95 bits per heavy atom. The molecule has 20 heavy (non-hydrogen) atoms. The van der Waals surface area contributed by atoms with Crippen LogP contribution in [0.2, 0.25) is 0 Å². The molecule has 5 heteroatoms. The van der Waals surface area contributed by atoms with Gasteiger partial charge < -0.3 is 10.5 Å². The summed E-state index contributed by atoms with van der Waals surface area (Å²) in [6, 6.07) is 5.73. The van der Waals surface area contributed by atoms with Crippen LogP contribution in [0.15, 0.2) is 36.7 Å². The molecule has 2 rings (SSSR count). The number of ether oxygens (including phenoxy) is 1. The Balaban J connectivity index is 2.31. The van der Waals surface area contributed by atoms with Crippen molar-refractivity contribution in [2.45, 2.75) is 13.3 Å². The number of pyridine rings is 1. The number of para-hydroxylation sites is 1. The van der Waals surface area contributed by atoms with Gasteiger partial charge in [-0.25, -0.2) is 4.39 Å². The number of benzene rings is 1. The summed E-state index contributed by atoms with van der Waals surface area (Å²) >= 11 is 0. The number of nitrogen functional groups attached to an aromatic ring is 1. The van der Waals surface area contributed by atoms with E-state index in [1.807, 2.05) is 6.92 Å². The van der Waals surface area contributed by atoms with E-state index < -0.39 is 5.82 Å². The Morgan fingerprint density at radius 1 is 1.40 bits per heavy atom. The van der Waals surface area contributed by atoms with Crippen LogP contribution in [0.4, 0.5) is 10.1 Å². The van der Waals surface area contributed by atoms with Crippen molar-refractivity contribution in [1.82, 2.24) is 4.98 Å². The van der Waals surface area contributed by atoms with Crippen molar-refractivity contribution in [3.05, 3.63) is 53.6 Å². The zero-order valence-electron chi connectivity index (χ0n) is 11.1. The maximum absolute atomic E-state index is 13.4. The Morgan fingerprint density at radius 2 is 2.20 bits per heavy atom. The van der Waals surface area contributed by atoms with Crippen LogP contribution >= 0.6 is 0 Å². The van der Waals surface area contributed by atoms with Gasteiger partial charge in [0.1, 0.15) is 11.6 Å². The summed E-state index contributed by atoms with van der Waals surface area (Å²) in [6.45, 7) is 2.53. The number of rotatable bonds is 5. The summed E-state index contributed by atoms with van der Waals surface area (Å²) in [4.78, 5) is 16.3. The van der Waals surface area contributed by atoms with Gasteiger partial charge in [-0.05, 0) is 24.6 Å². The number of nitrogens with two attached hydrogens (primary N) is 1. The van der Waals surface area contributed by atoms with Gasteiger partial charge in [0, 0.05) is 17.3 Å². The van der Waals surface area contributed by atoms with Crippen molar-refractivity contribution in [1.29, 1.82) is 0 Å². The zero-order chi connectivity index (χ0) is 14.5. The number of hydrogen-bond donors (Lipinski definition) is 1. The fourth-order valence-corrected chi connectivity index (χ4v) is 1.73. The number of carbonyl (C=O) groups is 1. The molecule has 2 N–H and O–H groups in total. The smallest absolute Gasteiger partial charge is 0.196 e. The fraction of sp³-hybridized carbons (Fsp3) is 0.200. The molecule has 0 aliphatic rings. The summed E-state index contributed by atoms with van der Waals surface area (Å²) in [7, 11) is 0. The van der Waals surface area contributed by atoms with E-state index in [9.17, 15) is 9.18 Å². The molecule has 0 amide bonds. The largest absolute Gasteiger partial charge is 0.492 e. The topological polar surface area (TPSA) is 65.2 Å². The third-order valence-electron chi connectivity index (χ3n) is 2.75. The lowest BCUT2D eigenvalue weighted by Crippen LogP contribution is -2.08. The molecule has 0 radical (unpaired) electrons. The van der Waals surface area contributed by atoms with Gasteiger partial charge in [0.15, 0.2) is 5.78 Å². The lowest BCUT2D eigenvalue weighted by Gasteiger charge is -2.08. The first kappa shape index (κ1) is 14.0. The minimum Gasteiger partial charge on any atom is -0.492 e. The SMILES string of the molecule is CCCOc1cncc(C(=O)c2cccc(F)c2N)c1. The molecule has 0 atom stereocenters. The highest BCUT2D eigenvalue weighted by Crippen LogP contribution is 2.21. The number of hydrogen-bond acceptors (Lipinski definition) is 4. The van der Waals surface area contributed by atoms with E-state index >= 15 is 0 Å². The molecule has 1 aromatic heterocycles. The summed E-state index contributed by atoms with van der Waals surface area (Å²) in [5.74, 6) is -0.480. The fourth-order valence-electron chi connectivity index (χ4n) is 1.73. The minimum atomic E-state index is -0.609. The predicted octanol–water partition coefficient (Wildman–Crippen LogP) is 2.82. The molecule has 2 aromatic rings. The number of ketones is 1. The molecular formula is C15H15FN2O2. The third kappa shape index (κ3) is 2.93. The monoisotopic (exact) mass is 274 g/mol. The Bertz CT molecular complexity index is 629. The van der Waals surface area contributed by atoms with Crippen LogP contribution in [0.5, 0.6) is 5.75 Å².